The van der Waals surface area contributed by atoms with Gasteiger partial charge in [-0.05, 0) is 24.0 Å². The van der Waals surface area contributed by atoms with Gasteiger partial charge in [0.2, 0.25) is 10.0 Å². The molecule has 0 fully saturated rings. The zero-order valence-electron chi connectivity index (χ0n) is 14.1. The van der Waals surface area contributed by atoms with Crippen LogP contribution in [0.3, 0.4) is 0 Å². The molecule has 0 aliphatic rings. The maximum absolute atomic E-state index is 12.3. The minimum absolute atomic E-state index is 0. The molecule has 0 aromatic heterocycles. The van der Waals surface area contributed by atoms with Gasteiger partial charge >= 0.3 is 0 Å². The van der Waals surface area contributed by atoms with Gasteiger partial charge in [-0.2, -0.15) is 0 Å². The average Bonchev–Trinajstić information content (AvgIpc) is 2.44. The molecule has 3 N–H and O–H groups in total. The number of hydrogen-bond donors (Lipinski definition) is 2. The molecule has 0 aliphatic heterocycles. The van der Waals surface area contributed by atoms with Gasteiger partial charge in [-0.3, -0.25) is 0 Å². The van der Waals surface area contributed by atoms with Crippen LogP contribution in [0.5, 0.6) is 0 Å². The van der Waals surface area contributed by atoms with Gasteiger partial charge in [0, 0.05) is 20.6 Å². The van der Waals surface area contributed by atoms with Crippen molar-refractivity contribution in [2.75, 3.05) is 20.6 Å². The van der Waals surface area contributed by atoms with Crippen LogP contribution < -0.4 is 11.1 Å². The Hall–Kier alpha value is -0.870. The van der Waals surface area contributed by atoms with Crippen molar-refractivity contribution in [3.05, 3.63) is 29.8 Å². The molecule has 0 spiro atoms. The fourth-order valence-electron chi connectivity index (χ4n) is 1.80. The predicted octanol–water partition coefficient (Wildman–Crippen LogP) is 2.01. The summed E-state index contributed by atoms with van der Waals surface area (Å²) in [6.45, 7) is 5.25. The van der Waals surface area contributed by atoms with Crippen molar-refractivity contribution >= 4 is 40.0 Å². The van der Waals surface area contributed by atoms with Crippen LogP contribution in [0, 0.1) is 5.92 Å². The molecule has 6 nitrogen and oxygen atoms in total. The number of nitrogens with one attached hydrogen (secondary N) is 1. The minimum atomic E-state index is -3.48. The zero-order chi connectivity index (χ0) is 16.8. The van der Waals surface area contributed by atoms with Crippen LogP contribution in [0.25, 0.3) is 0 Å². The molecular formula is C15H27IN4O2S. The van der Waals surface area contributed by atoms with Crippen molar-refractivity contribution in [1.82, 2.24) is 9.62 Å². The van der Waals surface area contributed by atoms with Gasteiger partial charge in [0.05, 0.1) is 11.4 Å². The summed E-state index contributed by atoms with van der Waals surface area (Å²) in [5.41, 5.74) is 6.44. The van der Waals surface area contributed by atoms with E-state index in [4.69, 9.17) is 5.73 Å². The Kier molecular flexibility index (Phi) is 9.71. The first kappa shape index (κ1) is 22.1. The molecule has 132 valence electrons. The van der Waals surface area contributed by atoms with E-state index in [9.17, 15) is 8.42 Å². The third-order valence-corrected chi connectivity index (χ3v) is 5.09. The minimum Gasteiger partial charge on any atom is -0.370 e. The van der Waals surface area contributed by atoms with E-state index in [1.165, 1.54) is 18.4 Å². The van der Waals surface area contributed by atoms with Crippen LogP contribution in [-0.4, -0.2) is 39.3 Å². The number of guanidine groups is 1. The van der Waals surface area contributed by atoms with Crippen LogP contribution in [-0.2, 0) is 16.6 Å². The molecule has 1 rings (SSSR count). The Morgan fingerprint density at radius 3 is 2.48 bits per heavy atom. The molecular weight excluding hydrogens is 427 g/mol. The zero-order valence-corrected chi connectivity index (χ0v) is 17.3. The van der Waals surface area contributed by atoms with Crippen molar-refractivity contribution in [3.63, 3.8) is 0 Å². The number of nitrogens with zero attached hydrogens (tertiary/aromatic N) is 2. The molecule has 8 heteroatoms. The van der Waals surface area contributed by atoms with Gasteiger partial charge in [-0.25, -0.2) is 17.7 Å². The van der Waals surface area contributed by atoms with E-state index in [1.54, 1.807) is 24.3 Å². The third-order valence-electron chi connectivity index (χ3n) is 3.18. The summed E-state index contributed by atoms with van der Waals surface area (Å²) in [7, 11) is -0.459. The molecule has 0 unspecified atom stereocenters. The van der Waals surface area contributed by atoms with Gasteiger partial charge in [0.25, 0.3) is 0 Å². The Bertz CT molecular complexity index is 616. The summed E-state index contributed by atoms with van der Waals surface area (Å²) in [5, 5.41) is 3.03. The maximum atomic E-state index is 12.3. The highest BCUT2D eigenvalue weighted by molar-refractivity contribution is 14.0. The number of hydrogen-bond acceptors (Lipinski definition) is 3. The lowest BCUT2D eigenvalue weighted by Crippen LogP contribution is -2.33. The predicted molar refractivity (Wildman–Crippen MR) is 106 cm³/mol. The lowest BCUT2D eigenvalue weighted by Gasteiger charge is -2.14. The van der Waals surface area contributed by atoms with E-state index in [-0.39, 0.29) is 35.4 Å². The van der Waals surface area contributed by atoms with Crippen LogP contribution in [0.2, 0.25) is 0 Å². The standard InChI is InChI=1S/C15H26N4O2S.HI/c1-12(2)9-10-17-15(16)18-11-13-7-5-6-8-14(13)22(20,21)19(3)4;/h5-8,12H,9-11H2,1-4H3,(H3,16,17,18);1H. The Morgan fingerprint density at radius 2 is 1.91 bits per heavy atom. The Labute approximate surface area is 156 Å². The van der Waals surface area contributed by atoms with Crippen molar-refractivity contribution in [2.45, 2.75) is 31.7 Å². The molecule has 0 bridgehead atoms. The van der Waals surface area contributed by atoms with E-state index < -0.39 is 10.0 Å². The summed E-state index contributed by atoms with van der Waals surface area (Å²) < 4.78 is 25.7. The smallest absolute Gasteiger partial charge is 0.242 e. The molecule has 0 aliphatic carbocycles. The molecule has 1 aromatic rings. The van der Waals surface area contributed by atoms with E-state index in [1.807, 2.05) is 0 Å². The fraction of sp³-hybridized carbons (Fsp3) is 0.533. The Balaban J connectivity index is 0.00000484. The second-order valence-electron chi connectivity index (χ2n) is 5.71. The summed E-state index contributed by atoms with van der Waals surface area (Å²) >= 11 is 0. The number of nitrogens with two attached hydrogens (primary N) is 1. The maximum Gasteiger partial charge on any atom is 0.242 e. The van der Waals surface area contributed by atoms with Crippen LogP contribution >= 0.6 is 24.0 Å². The molecule has 0 saturated heterocycles. The third kappa shape index (κ3) is 7.05. The monoisotopic (exact) mass is 454 g/mol. The first-order chi connectivity index (χ1) is 10.2. The number of sulfonamides is 1. The largest absolute Gasteiger partial charge is 0.370 e. The van der Waals surface area contributed by atoms with Crippen molar-refractivity contribution in [3.8, 4) is 0 Å². The van der Waals surface area contributed by atoms with Crippen molar-refractivity contribution < 1.29 is 8.42 Å². The van der Waals surface area contributed by atoms with Crippen LogP contribution in [0.1, 0.15) is 25.8 Å². The number of aliphatic imine (C=N–C) groups is 1. The van der Waals surface area contributed by atoms with E-state index in [2.05, 4.69) is 24.2 Å². The fourth-order valence-corrected chi connectivity index (χ4v) is 2.91. The SMILES string of the molecule is CC(C)CCNC(N)=NCc1ccccc1S(=O)(=O)N(C)C.I. The molecule has 0 radical (unpaired) electrons. The molecule has 0 atom stereocenters. The van der Waals surface area contributed by atoms with E-state index in [0.717, 1.165) is 13.0 Å². The van der Waals surface area contributed by atoms with Crippen LogP contribution in [0.4, 0.5) is 0 Å². The number of benzene rings is 1. The van der Waals surface area contributed by atoms with Gasteiger partial charge in [-0.1, -0.05) is 32.0 Å². The lowest BCUT2D eigenvalue weighted by molar-refractivity contribution is 0.519. The number of rotatable bonds is 7. The van der Waals surface area contributed by atoms with Crippen molar-refractivity contribution in [2.24, 2.45) is 16.6 Å². The highest BCUT2D eigenvalue weighted by Crippen LogP contribution is 2.19. The molecule has 1 aromatic carbocycles. The summed E-state index contributed by atoms with van der Waals surface area (Å²) in [4.78, 5) is 4.49. The van der Waals surface area contributed by atoms with E-state index in [0.29, 0.717) is 17.4 Å². The highest BCUT2D eigenvalue weighted by atomic mass is 127. The first-order valence-electron chi connectivity index (χ1n) is 7.29. The second-order valence-corrected chi connectivity index (χ2v) is 7.83. The summed E-state index contributed by atoms with van der Waals surface area (Å²) in [6, 6.07) is 6.83. The normalized spacial score (nSPS) is 12.3. The van der Waals surface area contributed by atoms with Gasteiger partial charge in [0.15, 0.2) is 5.96 Å². The van der Waals surface area contributed by atoms with E-state index >= 15 is 0 Å². The summed E-state index contributed by atoms with van der Waals surface area (Å²) in [5.74, 6) is 0.920. The van der Waals surface area contributed by atoms with Gasteiger partial charge < -0.3 is 11.1 Å². The van der Waals surface area contributed by atoms with Crippen molar-refractivity contribution in [1.29, 1.82) is 0 Å². The summed E-state index contributed by atoms with van der Waals surface area (Å²) in [6.07, 6.45) is 1.00. The van der Waals surface area contributed by atoms with Gasteiger partial charge in [0.1, 0.15) is 0 Å². The van der Waals surface area contributed by atoms with Crippen LogP contribution in [0.15, 0.2) is 34.2 Å². The molecule has 0 saturated carbocycles. The molecule has 0 amide bonds. The Morgan fingerprint density at radius 1 is 1.30 bits per heavy atom. The second kappa shape index (κ2) is 10.1. The van der Waals surface area contributed by atoms with Gasteiger partial charge in [-0.15, -0.1) is 24.0 Å². The number of halogens is 1. The first-order valence-corrected chi connectivity index (χ1v) is 8.73. The quantitative estimate of drug-likeness (QED) is 0.375. The molecule has 23 heavy (non-hydrogen) atoms. The lowest BCUT2D eigenvalue weighted by atomic mass is 10.1. The molecule has 0 heterocycles. The average molecular weight is 454 g/mol. The highest BCUT2D eigenvalue weighted by Gasteiger charge is 2.20. The topological polar surface area (TPSA) is 87.8 Å².